The molecular formula is C24H26F2N2O. The highest BCUT2D eigenvalue weighted by Crippen LogP contribution is 2.49. The van der Waals surface area contributed by atoms with Gasteiger partial charge in [0, 0.05) is 18.5 Å². The van der Waals surface area contributed by atoms with Crippen LogP contribution in [0.2, 0.25) is 0 Å². The summed E-state index contributed by atoms with van der Waals surface area (Å²) in [6.07, 6.45) is 3.71. The minimum absolute atomic E-state index is 0.178. The van der Waals surface area contributed by atoms with Crippen molar-refractivity contribution in [3.8, 4) is 0 Å². The number of amides is 1. The molecule has 152 valence electrons. The van der Waals surface area contributed by atoms with Crippen LogP contribution < -0.4 is 4.90 Å². The van der Waals surface area contributed by atoms with E-state index in [2.05, 4.69) is 23.6 Å². The van der Waals surface area contributed by atoms with Crippen LogP contribution in [0.5, 0.6) is 0 Å². The van der Waals surface area contributed by atoms with E-state index in [1.807, 2.05) is 19.9 Å². The van der Waals surface area contributed by atoms with Gasteiger partial charge in [-0.15, -0.1) is 6.58 Å². The molecule has 0 aliphatic carbocycles. The summed E-state index contributed by atoms with van der Waals surface area (Å²) in [5.41, 5.74) is 3.37. The highest BCUT2D eigenvalue weighted by Gasteiger charge is 2.47. The van der Waals surface area contributed by atoms with Crippen LogP contribution in [0.1, 0.15) is 39.9 Å². The number of nitrogens with zero attached hydrogens (tertiary/aromatic N) is 2. The van der Waals surface area contributed by atoms with E-state index >= 15 is 0 Å². The number of halogens is 2. The van der Waals surface area contributed by atoms with E-state index in [9.17, 15) is 13.6 Å². The maximum Gasteiger partial charge on any atom is 0.264 e. The van der Waals surface area contributed by atoms with Gasteiger partial charge in [0.15, 0.2) is 0 Å². The molecule has 2 heterocycles. The SMILES string of the molecule is C=CCN1CCC2(CC1)CN(C(=O)c1c(F)cccc1F)c1c2ccc(C)c1C. The van der Waals surface area contributed by atoms with Crippen LogP contribution in [-0.2, 0) is 5.41 Å². The third kappa shape index (κ3) is 3.18. The van der Waals surface area contributed by atoms with E-state index in [0.29, 0.717) is 6.54 Å². The summed E-state index contributed by atoms with van der Waals surface area (Å²) in [6, 6.07) is 7.75. The number of likely N-dealkylation sites (tertiary alicyclic amines) is 1. The van der Waals surface area contributed by atoms with Gasteiger partial charge in [-0.3, -0.25) is 9.69 Å². The van der Waals surface area contributed by atoms with Crippen LogP contribution in [0, 0.1) is 25.5 Å². The zero-order chi connectivity index (χ0) is 20.8. The molecule has 1 spiro atoms. The van der Waals surface area contributed by atoms with Crippen molar-refractivity contribution in [2.45, 2.75) is 32.1 Å². The largest absolute Gasteiger partial charge is 0.307 e. The maximum atomic E-state index is 14.4. The van der Waals surface area contributed by atoms with E-state index < -0.39 is 23.1 Å². The summed E-state index contributed by atoms with van der Waals surface area (Å²) in [5, 5.41) is 0. The molecule has 0 radical (unpaired) electrons. The molecule has 2 aromatic rings. The van der Waals surface area contributed by atoms with Gasteiger partial charge in [-0.05, 0) is 68.6 Å². The van der Waals surface area contributed by atoms with Crippen LogP contribution in [0.4, 0.5) is 14.5 Å². The maximum absolute atomic E-state index is 14.4. The number of hydrogen-bond acceptors (Lipinski definition) is 2. The molecule has 1 saturated heterocycles. The average Bonchev–Trinajstić information content (AvgIpc) is 3.01. The fourth-order valence-electron chi connectivity index (χ4n) is 4.83. The van der Waals surface area contributed by atoms with Crippen molar-refractivity contribution < 1.29 is 13.6 Å². The predicted molar refractivity (Wildman–Crippen MR) is 111 cm³/mol. The van der Waals surface area contributed by atoms with Gasteiger partial charge in [0.25, 0.3) is 5.91 Å². The van der Waals surface area contributed by atoms with Gasteiger partial charge in [-0.25, -0.2) is 8.78 Å². The molecule has 0 unspecified atom stereocenters. The van der Waals surface area contributed by atoms with Crippen LogP contribution in [0.15, 0.2) is 43.0 Å². The summed E-state index contributed by atoms with van der Waals surface area (Å²) in [7, 11) is 0. The minimum Gasteiger partial charge on any atom is -0.307 e. The van der Waals surface area contributed by atoms with Crippen molar-refractivity contribution in [3.63, 3.8) is 0 Å². The lowest BCUT2D eigenvalue weighted by molar-refractivity contribution is 0.0969. The molecule has 1 amide bonds. The smallest absolute Gasteiger partial charge is 0.264 e. The number of hydrogen-bond donors (Lipinski definition) is 0. The third-order valence-electron chi connectivity index (χ3n) is 6.63. The van der Waals surface area contributed by atoms with Gasteiger partial charge in [0.05, 0.1) is 5.69 Å². The first-order chi connectivity index (χ1) is 13.9. The summed E-state index contributed by atoms with van der Waals surface area (Å²) in [5.74, 6) is -2.23. The Morgan fingerprint density at radius 1 is 1.14 bits per heavy atom. The molecule has 0 N–H and O–H groups in total. The molecule has 0 saturated carbocycles. The van der Waals surface area contributed by atoms with Crippen molar-refractivity contribution in [2.75, 3.05) is 31.1 Å². The van der Waals surface area contributed by atoms with E-state index in [-0.39, 0.29) is 5.41 Å². The lowest BCUT2D eigenvalue weighted by Crippen LogP contribution is -2.46. The number of anilines is 1. The Morgan fingerprint density at radius 3 is 2.41 bits per heavy atom. The summed E-state index contributed by atoms with van der Waals surface area (Å²) in [4.78, 5) is 17.3. The first-order valence-corrected chi connectivity index (χ1v) is 10.1. The Bertz CT molecular complexity index is 957. The standard InChI is InChI=1S/C24H26F2N2O/c1-4-12-27-13-10-24(11-14-27)15-28(22-17(3)16(2)8-9-18(22)24)23(29)21-19(25)6-5-7-20(21)26/h4-9H,1,10-15H2,2-3H3. The van der Waals surface area contributed by atoms with E-state index in [1.165, 1.54) is 6.07 Å². The number of piperidine rings is 1. The molecule has 2 aliphatic heterocycles. The molecule has 0 bridgehead atoms. The second-order valence-corrected chi connectivity index (χ2v) is 8.26. The van der Waals surface area contributed by atoms with E-state index in [1.54, 1.807) is 4.90 Å². The number of benzene rings is 2. The van der Waals surface area contributed by atoms with Crippen LogP contribution in [0.25, 0.3) is 0 Å². The van der Waals surface area contributed by atoms with Crippen LogP contribution in [-0.4, -0.2) is 37.0 Å². The molecule has 2 aromatic carbocycles. The Labute approximate surface area is 170 Å². The number of aryl methyl sites for hydroxylation is 1. The Balaban J connectivity index is 1.77. The molecule has 3 nitrogen and oxygen atoms in total. The summed E-state index contributed by atoms with van der Waals surface area (Å²) >= 11 is 0. The van der Waals surface area contributed by atoms with E-state index in [4.69, 9.17) is 0 Å². The Hall–Kier alpha value is -2.53. The van der Waals surface area contributed by atoms with Gasteiger partial charge >= 0.3 is 0 Å². The first kappa shape index (κ1) is 19.8. The van der Waals surface area contributed by atoms with Crippen molar-refractivity contribution in [1.82, 2.24) is 4.90 Å². The summed E-state index contributed by atoms with van der Waals surface area (Å²) in [6.45, 7) is 10.9. The number of fused-ring (bicyclic) bond motifs is 2. The topological polar surface area (TPSA) is 23.6 Å². The lowest BCUT2D eigenvalue weighted by Gasteiger charge is -2.39. The van der Waals surface area contributed by atoms with Gasteiger partial charge in [-0.2, -0.15) is 0 Å². The molecule has 4 rings (SSSR count). The number of carbonyl (C=O) groups is 1. The minimum atomic E-state index is -0.816. The predicted octanol–water partition coefficient (Wildman–Crippen LogP) is 4.76. The third-order valence-corrected chi connectivity index (χ3v) is 6.63. The number of rotatable bonds is 3. The quantitative estimate of drug-likeness (QED) is 0.699. The fourth-order valence-corrected chi connectivity index (χ4v) is 4.83. The van der Waals surface area contributed by atoms with Crippen molar-refractivity contribution >= 4 is 11.6 Å². The molecule has 0 aromatic heterocycles. The summed E-state index contributed by atoms with van der Waals surface area (Å²) < 4.78 is 28.8. The Morgan fingerprint density at radius 2 is 1.79 bits per heavy atom. The monoisotopic (exact) mass is 396 g/mol. The second kappa shape index (κ2) is 7.38. The molecule has 2 aliphatic rings. The average molecular weight is 396 g/mol. The van der Waals surface area contributed by atoms with Gasteiger partial charge in [0.1, 0.15) is 17.2 Å². The van der Waals surface area contributed by atoms with E-state index in [0.717, 1.165) is 67.0 Å². The lowest BCUT2D eigenvalue weighted by atomic mass is 9.74. The van der Waals surface area contributed by atoms with Gasteiger partial charge in [-0.1, -0.05) is 24.3 Å². The molecular weight excluding hydrogens is 370 g/mol. The highest BCUT2D eigenvalue weighted by atomic mass is 19.1. The van der Waals surface area contributed by atoms with Crippen molar-refractivity contribution in [1.29, 1.82) is 0 Å². The zero-order valence-electron chi connectivity index (χ0n) is 17.0. The van der Waals surface area contributed by atoms with Crippen molar-refractivity contribution in [3.05, 3.63) is 76.9 Å². The Kier molecular flexibility index (Phi) is 5.03. The van der Waals surface area contributed by atoms with Crippen molar-refractivity contribution in [2.24, 2.45) is 0 Å². The fraction of sp³-hybridized carbons (Fsp3) is 0.375. The van der Waals surface area contributed by atoms with Gasteiger partial charge in [0.2, 0.25) is 0 Å². The molecule has 29 heavy (non-hydrogen) atoms. The highest BCUT2D eigenvalue weighted by molar-refractivity contribution is 6.08. The molecule has 1 fully saturated rings. The second-order valence-electron chi connectivity index (χ2n) is 8.26. The normalized spacial score (nSPS) is 18.1. The van der Waals surface area contributed by atoms with Gasteiger partial charge < -0.3 is 4.90 Å². The number of carbonyl (C=O) groups excluding carboxylic acids is 1. The zero-order valence-corrected chi connectivity index (χ0v) is 17.0. The molecule has 0 atom stereocenters. The van der Waals surface area contributed by atoms with Crippen LogP contribution >= 0.6 is 0 Å². The van der Waals surface area contributed by atoms with Crippen LogP contribution in [0.3, 0.4) is 0 Å². The first-order valence-electron chi connectivity index (χ1n) is 10.1. The molecule has 5 heteroatoms.